The van der Waals surface area contributed by atoms with Crippen LogP contribution in [0.3, 0.4) is 0 Å². The molecule has 2 aromatic carbocycles. The second-order valence-corrected chi connectivity index (χ2v) is 7.52. The molecule has 3 aromatic rings. The Balaban J connectivity index is 1.50. The summed E-state index contributed by atoms with van der Waals surface area (Å²) in [5, 5.41) is 4.19. The van der Waals surface area contributed by atoms with Gasteiger partial charge in [0.25, 0.3) is 5.91 Å². The Bertz CT molecular complexity index is 1170. The van der Waals surface area contributed by atoms with Gasteiger partial charge in [-0.05, 0) is 25.1 Å². The summed E-state index contributed by atoms with van der Waals surface area (Å²) in [6, 6.07) is 14.0. The summed E-state index contributed by atoms with van der Waals surface area (Å²) in [7, 11) is 0. The van der Waals surface area contributed by atoms with Crippen molar-refractivity contribution >= 4 is 5.91 Å². The molecule has 31 heavy (non-hydrogen) atoms. The van der Waals surface area contributed by atoms with Crippen LogP contribution in [0.25, 0.3) is 5.69 Å². The van der Waals surface area contributed by atoms with Gasteiger partial charge in [0.15, 0.2) is 5.69 Å². The summed E-state index contributed by atoms with van der Waals surface area (Å²) in [6.45, 7) is 3.97. The van der Waals surface area contributed by atoms with Gasteiger partial charge >= 0.3 is 0 Å². The van der Waals surface area contributed by atoms with E-state index in [1.807, 2.05) is 0 Å². The minimum absolute atomic E-state index is 0.170. The summed E-state index contributed by atoms with van der Waals surface area (Å²) in [6.07, 6.45) is 0. The average molecular weight is 424 g/mol. The van der Waals surface area contributed by atoms with Crippen molar-refractivity contribution in [3.05, 3.63) is 93.4 Å². The molecule has 1 saturated heterocycles. The average Bonchev–Trinajstić information content (AvgIpc) is 2.76. The van der Waals surface area contributed by atoms with Crippen molar-refractivity contribution in [3.63, 3.8) is 0 Å². The quantitative estimate of drug-likeness (QED) is 0.646. The normalized spacial score (nSPS) is 14.6. The first-order valence-corrected chi connectivity index (χ1v) is 10.0. The van der Waals surface area contributed by atoms with E-state index in [4.69, 9.17) is 0 Å². The highest BCUT2D eigenvalue weighted by molar-refractivity contribution is 5.92. The molecule has 0 atom stereocenters. The van der Waals surface area contributed by atoms with Crippen molar-refractivity contribution in [1.29, 1.82) is 0 Å². The van der Waals surface area contributed by atoms with Crippen LogP contribution >= 0.6 is 0 Å². The molecule has 0 N–H and O–H groups in total. The van der Waals surface area contributed by atoms with Gasteiger partial charge in [0.05, 0.1) is 0 Å². The Labute approximate surface area is 178 Å². The van der Waals surface area contributed by atoms with Crippen LogP contribution in [0.2, 0.25) is 0 Å². The first-order valence-electron chi connectivity index (χ1n) is 10.0. The summed E-state index contributed by atoms with van der Waals surface area (Å²) in [4.78, 5) is 29.1. The molecule has 8 heteroatoms. The minimum Gasteiger partial charge on any atom is -0.335 e. The van der Waals surface area contributed by atoms with Crippen LogP contribution in [0.1, 0.15) is 21.7 Å². The van der Waals surface area contributed by atoms with Gasteiger partial charge < -0.3 is 4.90 Å². The Hall–Kier alpha value is -3.39. The number of nitrogens with zero attached hydrogens (tertiary/aromatic N) is 4. The van der Waals surface area contributed by atoms with E-state index in [1.54, 1.807) is 42.2 Å². The fraction of sp³-hybridized carbons (Fsp3) is 0.261. The Kier molecular flexibility index (Phi) is 5.90. The molecule has 1 amide bonds. The molecule has 1 aromatic heterocycles. The van der Waals surface area contributed by atoms with Crippen molar-refractivity contribution in [2.45, 2.75) is 13.5 Å². The lowest BCUT2D eigenvalue weighted by Crippen LogP contribution is -2.49. The molecule has 0 bridgehead atoms. The number of aromatic nitrogens is 2. The Morgan fingerprint density at radius 1 is 0.968 bits per heavy atom. The summed E-state index contributed by atoms with van der Waals surface area (Å²) in [5.74, 6) is -1.24. The maximum Gasteiger partial charge on any atom is 0.278 e. The van der Waals surface area contributed by atoms with Gasteiger partial charge in [-0.1, -0.05) is 30.3 Å². The zero-order valence-electron chi connectivity index (χ0n) is 17.1. The molecule has 4 rings (SSSR count). The third-order valence-corrected chi connectivity index (χ3v) is 5.40. The standard InChI is InChI=1S/C23H22F2N4O2/c1-16-14-21(30)22(26-29(16)20-9-5-4-8-19(20)25)23(31)28-12-10-27(11-13-28)15-17-6-2-3-7-18(17)24/h2-9,14H,10-13,15H2,1H3. The number of hydrogen-bond donors (Lipinski definition) is 0. The Morgan fingerprint density at radius 3 is 2.29 bits per heavy atom. The highest BCUT2D eigenvalue weighted by Gasteiger charge is 2.26. The first-order chi connectivity index (χ1) is 14.9. The van der Waals surface area contributed by atoms with E-state index in [0.29, 0.717) is 44.0 Å². The molecule has 0 aliphatic carbocycles. The van der Waals surface area contributed by atoms with Crippen LogP contribution in [0.5, 0.6) is 0 Å². The lowest BCUT2D eigenvalue weighted by atomic mass is 10.2. The molecular weight excluding hydrogens is 402 g/mol. The second-order valence-electron chi connectivity index (χ2n) is 7.52. The van der Waals surface area contributed by atoms with Crippen LogP contribution < -0.4 is 5.43 Å². The monoisotopic (exact) mass is 424 g/mol. The number of halogens is 2. The van der Waals surface area contributed by atoms with Gasteiger partial charge in [0.2, 0.25) is 5.43 Å². The van der Waals surface area contributed by atoms with E-state index in [0.717, 1.165) is 0 Å². The Morgan fingerprint density at radius 2 is 1.61 bits per heavy atom. The molecule has 0 radical (unpaired) electrons. The second kappa shape index (κ2) is 8.77. The van der Waals surface area contributed by atoms with Crippen LogP contribution in [-0.2, 0) is 6.54 Å². The van der Waals surface area contributed by atoms with Crippen LogP contribution in [0.15, 0.2) is 59.4 Å². The smallest absolute Gasteiger partial charge is 0.278 e. The number of aryl methyl sites for hydroxylation is 1. The number of rotatable bonds is 4. The van der Waals surface area contributed by atoms with Crippen molar-refractivity contribution in [1.82, 2.24) is 19.6 Å². The molecule has 1 aliphatic rings. The number of carbonyl (C=O) groups is 1. The fourth-order valence-corrected chi connectivity index (χ4v) is 3.69. The van der Waals surface area contributed by atoms with Crippen molar-refractivity contribution < 1.29 is 13.6 Å². The molecule has 160 valence electrons. The largest absolute Gasteiger partial charge is 0.335 e. The van der Waals surface area contributed by atoms with Crippen molar-refractivity contribution in [2.24, 2.45) is 0 Å². The topological polar surface area (TPSA) is 58.4 Å². The van der Waals surface area contributed by atoms with Gasteiger partial charge in [0.1, 0.15) is 17.3 Å². The zero-order chi connectivity index (χ0) is 22.0. The van der Waals surface area contributed by atoms with E-state index in [1.165, 1.54) is 28.9 Å². The maximum absolute atomic E-state index is 14.2. The summed E-state index contributed by atoms with van der Waals surface area (Å²) >= 11 is 0. The molecular formula is C23H22F2N4O2. The van der Waals surface area contributed by atoms with Gasteiger partial charge in [0, 0.05) is 50.0 Å². The first kappa shape index (κ1) is 20.9. The SMILES string of the molecule is Cc1cc(=O)c(C(=O)N2CCN(Cc3ccccc3F)CC2)nn1-c1ccccc1F. The predicted octanol–water partition coefficient (Wildman–Crippen LogP) is 2.78. The number of amides is 1. The lowest BCUT2D eigenvalue weighted by Gasteiger charge is -2.34. The third kappa shape index (κ3) is 4.39. The van der Waals surface area contributed by atoms with E-state index >= 15 is 0 Å². The number of benzene rings is 2. The molecule has 1 fully saturated rings. The number of hydrogen-bond acceptors (Lipinski definition) is 4. The number of carbonyl (C=O) groups excluding carboxylic acids is 1. The van der Waals surface area contributed by atoms with E-state index in [2.05, 4.69) is 10.00 Å². The van der Waals surface area contributed by atoms with E-state index in [-0.39, 0.29) is 17.2 Å². The molecule has 2 heterocycles. The van der Waals surface area contributed by atoms with Crippen LogP contribution in [-0.4, -0.2) is 51.7 Å². The summed E-state index contributed by atoms with van der Waals surface area (Å²) in [5.41, 5.74) is 0.473. The molecule has 0 spiro atoms. The molecule has 0 unspecified atom stereocenters. The zero-order valence-corrected chi connectivity index (χ0v) is 17.1. The lowest BCUT2D eigenvalue weighted by molar-refractivity contribution is 0.0618. The van der Waals surface area contributed by atoms with Gasteiger partial charge in [-0.15, -0.1) is 0 Å². The minimum atomic E-state index is -0.498. The molecule has 1 aliphatic heterocycles. The number of piperazine rings is 1. The van der Waals surface area contributed by atoms with Crippen molar-refractivity contribution in [3.8, 4) is 5.69 Å². The summed E-state index contributed by atoms with van der Waals surface area (Å²) < 4.78 is 29.4. The van der Waals surface area contributed by atoms with Crippen LogP contribution in [0, 0.1) is 18.6 Å². The molecule has 0 saturated carbocycles. The maximum atomic E-state index is 14.2. The van der Waals surface area contributed by atoms with Crippen molar-refractivity contribution in [2.75, 3.05) is 26.2 Å². The molecule has 6 nitrogen and oxygen atoms in total. The van der Waals surface area contributed by atoms with Gasteiger partial charge in [-0.3, -0.25) is 14.5 Å². The number of para-hydroxylation sites is 1. The highest BCUT2D eigenvalue weighted by atomic mass is 19.1. The van der Waals surface area contributed by atoms with Crippen LogP contribution in [0.4, 0.5) is 8.78 Å². The van der Waals surface area contributed by atoms with Gasteiger partial charge in [-0.25, -0.2) is 13.5 Å². The highest BCUT2D eigenvalue weighted by Crippen LogP contribution is 2.15. The fourth-order valence-electron chi connectivity index (χ4n) is 3.69. The third-order valence-electron chi connectivity index (χ3n) is 5.40. The van der Waals surface area contributed by atoms with E-state index < -0.39 is 17.2 Å². The van der Waals surface area contributed by atoms with Gasteiger partial charge in [-0.2, -0.15) is 5.10 Å². The predicted molar refractivity (Wildman–Crippen MR) is 112 cm³/mol. The van der Waals surface area contributed by atoms with E-state index in [9.17, 15) is 18.4 Å².